The van der Waals surface area contributed by atoms with Crippen LogP contribution >= 0.6 is 11.3 Å². The fraction of sp³-hybridized carbons (Fsp3) is 0.333. The standard InChI is InChI=1S/C12H14N4OS/c13-8-3-11(16(5-8)10-1-2-10)12(17)14-4-9-6-18-7-15-9/h3,5-7,10H,1-2,4,13H2,(H,14,17). The molecular weight excluding hydrogens is 248 g/mol. The van der Waals surface area contributed by atoms with Gasteiger partial charge in [0.1, 0.15) is 5.69 Å². The third kappa shape index (κ3) is 2.24. The van der Waals surface area contributed by atoms with Gasteiger partial charge in [-0.2, -0.15) is 0 Å². The molecule has 2 aromatic rings. The van der Waals surface area contributed by atoms with Gasteiger partial charge in [0.25, 0.3) is 5.91 Å². The molecule has 0 aliphatic heterocycles. The quantitative estimate of drug-likeness (QED) is 0.882. The van der Waals surface area contributed by atoms with Crippen LogP contribution < -0.4 is 11.1 Å². The summed E-state index contributed by atoms with van der Waals surface area (Å²) in [6, 6.07) is 2.18. The van der Waals surface area contributed by atoms with Crippen LogP contribution in [0.4, 0.5) is 5.69 Å². The van der Waals surface area contributed by atoms with Crippen LogP contribution in [0, 0.1) is 0 Å². The first-order chi connectivity index (χ1) is 8.74. The number of amides is 1. The van der Waals surface area contributed by atoms with Gasteiger partial charge in [0.05, 0.1) is 23.4 Å². The Bertz CT molecular complexity index is 557. The highest BCUT2D eigenvalue weighted by Crippen LogP contribution is 2.37. The van der Waals surface area contributed by atoms with E-state index in [2.05, 4.69) is 10.3 Å². The Morgan fingerprint density at radius 3 is 3.11 bits per heavy atom. The molecule has 1 aliphatic rings. The number of thiazole rings is 1. The number of carbonyl (C=O) groups is 1. The van der Waals surface area contributed by atoms with E-state index in [0.717, 1.165) is 18.5 Å². The first kappa shape index (κ1) is 11.3. The fourth-order valence-corrected chi connectivity index (χ4v) is 2.48. The van der Waals surface area contributed by atoms with E-state index in [1.54, 1.807) is 11.6 Å². The van der Waals surface area contributed by atoms with Crippen molar-refractivity contribution in [1.29, 1.82) is 0 Å². The van der Waals surface area contributed by atoms with Crippen LogP contribution in [0.15, 0.2) is 23.2 Å². The molecule has 0 aromatic carbocycles. The average molecular weight is 262 g/mol. The van der Waals surface area contributed by atoms with Crippen molar-refractivity contribution in [3.05, 3.63) is 34.5 Å². The summed E-state index contributed by atoms with van der Waals surface area (Å²) in [5.41, 5.74) is 9.68. The second kappa shape index (κ2) is 4.45. The topological polar surface area (TPSA) is 72.9 Å². The van der Waals surface area contributed by atoms with Crippen molar-refractivity contribution >= 4 is 22.9 Å². The fourth-order valence-electron chi connectivity index (χ4n) is 1.92. The molecule has 6 heteroatoms. The third-order valence-corrected chi connectivity index (χ3v) is 3.59. The van der Waals surface area contributed by atoms with E-state index in [1.165, 1.54) is 11.3 Å². The van der Waals surface area contributed by atoms with E-state index in [0.29, 0.717) is 24.0 Å². The molecule has 1 amide bonds. The molecule has 0 spiro atoms. The van der Waals surface area contributed by atoms with E-state index in [-0.39, 0.29) is 5.91 Å². The number of nitrogens with zero attached hydrogens (tertiary/aromatic N) is 2. The van der Waals surface area contributed by atoms with Gasteiger partial charge >= 0.3 is 0 Å². The summed E-state index contributed by atoms with van der Waals surface area (Å²) in [4.78, 5) is 16.2. The van der Waals surface area contributed by atoms with Gasteiger partial charge in [-0.15, -0.1) is 11.3 Å². The average Bonchev–Trinajstić information content (AvgIpc) is 2.92. The minimum atomic E-state index is -0.0911. The van der Waals surface area contributed by atoms with Gasteiger partial charge in [-0.3, -0.25) is 4.79 Å². The Labute approximate surface area is 109 Å². The Morgan fingerprint density at radius 2 is 2.44 bits per heavy atom. The van der Waals surface area contributed by atoms with Crippen LogP contribution in [-0.4, -0.2) is 15.5 Å². The lowest BCUT2D eigenvalue weighted by Gasteiger charge is -2.07. The molecule has 0 bridgehead atoms. The predicted octanol–water partition coefficient (Wildman–Crippen LogP) is 1.79. The van der Waals surface area contributed by atoms with Gasteiger partial charge in [-0.05, 0) is 18.9 Å². The minimum Gasteiger partial charge on any atom is -0.397 e. The van der Waals surface area contributed by atoms with Crippen molar-refractivity contribution in [2.45, 2.75) is 25.4 Å². The maximum atomic E-state index is 12.1. The number of carbonyl (C=O) groups excluding carboxylic acids is 1. The van der Waals surface area contributed by atoms with Gasteiger partial charge in [0, 0.05) is 17.6 Å². The Balaban J connectivity index is 1.71. The number of hydrogen-bond acceptors (Lipinski definition) is 4. The molecule has 1 saturated carbocycles. The molecule has 0 radical (unpaired) electrons. The van der Waals surface area contributed by atoms with Gasteiger partial charge < -0.3 is 15.6 Å². The van der Waals surface area contributed by atoms with Crippen molar-refractivity contribution < 1.29 is 4.79 Å². The van der Waals surface area contributed by atoms with E-state index >= 15 is 0 Å². The minimum absolute atomic E-state index is 0.0911. The molecule has 0 saturated heterocycles. The molecule has 94 valence electrons. The zero-order valence-corrected chi connectivity index (χ0v) is 10.6. The van der Waals surface area contributed by atoms with Gasteiger partial charge in [0.2, 0.25) is 0 Å². The second-order valence-electron chi connectivity index (χ2n) is 4.46. The lowest BCUT2D eigenvalue weighted by Crippen LogP contribution is -2.25. The van der Waals surface area contributed by atoms with Crippen LogP contribution in [0.25, 0.3) is 0 Å². The Kier molecular flexibility index (Phi) is 2.79. The van der Waals surface area contributed by atoms with Crippen LogP contribution in [0.5, 0.6) is 0 Å². The largest absolute Gasteiger partial charge is 0.397 e. The van der Waals surface area contributed by atoms with Gasteiger partial charge in [-0.25, -0.2) is 4.98 Å². The van der Waals surface area contributed by atoms with E-state index in [1.807, 2.05) is 16.1 Å². The molecule has 18 heavy (non-hydrogen) atoms. The van der Waals surface area contributed by atoms with Gasteiger partial charge in [0.15, 0.2) is 0 Å². The number of nitrogen functional groups attached to an aromatic ring is 1. The van der Waals surface area contributed by atoms with Gasteiger partial charge in [-0.1, -0.05) is 0 Å². The maximum absolute atomic E-state index is 12.1. The number of aromatic nitrogens is 2. The van der Waals surface area contributed by atoms with Crippen molar-refractivity contribution in [3.8, 4) is 0 Å². The summed E-state index contributed by atoms with van der Waals surface area (Å²) in [6.07, 6.45) is 4.09. The number of nitrogens with one attached hydrogen (secondary N) is 1. The first-order valence-electron chi connectivity index (χ1n) is 5.86. The first-order valence-corrected chi connectivity index (χ1v) is 6.81. The Morgan fingerprint density at radius 1 is 1.61 bits per heavy atom. The molecule has 0 unspecified atom stereocenters. The SMILES string of the molecule is Nc1cc(C(=O)NCc2cscn2)n(C2CC2)c1. The zero-order chi connectivity index (χ0) is 12.5. The normalized spacial score (nSPS) is 14.7. The predicted molar refractivity (Wildman–Crippen MR) is 70.4 cm³/mol. The van der Waals surface area contributed by atoms with E-state index in [9.17, 15) is 4.79 Å². The summed E-state index contributed by atoms with van der Waals surface area (Å²) < 4.78 is 1.98. The maximum Gasteiger partial charge on any atom is 0.268 e. The van der Waals surface area contributed by atoms with E-state index < -0.39 is 0 Å². The van der Waals surface area contributed by atoms with Crippen LogP contribution in [0.2, 0.25) is 0 Å². The number of nitrogens with two attached hydrogens (primary N) is 1. The molecule has 1 fully saturated rings. The highest BCUT2D eigenvalue weighted by Gasteiger charge is 2.27. The van der Waals surface area contributed by atoms with Crippen LogP contribution in [0.1, 0.15) is 35.1 Å². The summed E-state index contributed by atoms with van der Waals surface area (Å²) in [6.45, 7) is 0.456. The number of anilines is 1. The summed E-state index contributed by atoms with van der Waals surface area (Å²) in [5, 5.41) is 4.79. The second-order valence-corrected chi connectivity index (χ2v) is 5.18. The molecule has 5 nitrogen and oxygen atoms in total. The van der Waals surface area contributed by atoms with Crippen molar-refractivity contribution in [2.24, 2.45) is 0 Å². The molecule has 2 heterocycles. The molecule has 2 aromatic heterocycles. The molecule has 1 aliphatic carbocycles. The monoisotopic (exact) mass is 262 g/mol. The van der Waals surface area contributed by atoms with Crippen molar-refractivity contribution in [2.75, 3.05) is 5.73 Å². The van der Waals surface area contributed by atoms with Crippen molar-refractivity contribution in [3.63, 3.8) is 0 Å². The smallest absolute Gasteiger partial charge is 0.268 e. The number of rotatable bonds is 4. The zero-order valence-electron chi connectivity index (χ0n) is 9.80. The summed E-state index contributed by atoms with van der Waals surface area (Å²) in [5.74, 6) is -0.0911. The highest BCUT2D eigenvalue weighted by molar-refractivity contribution is 7.07. The molecule has 3 rings (SSSR count). The highest BCUT2D eigenvalue weighted by atomic mass is 32.1. The molecular formula is C12H14N4OS. The van der Waals surface area contributed by atoms with Crippen molar-refractivity contribution in [1.82, 2.24) is 14.9 Å². The molecule has 3 N–H and O–H groups in total. The summed E-state index contributed by atoms with van der Waals surface area (Å²) >= 11 is 1.52. The number of hydrogen-bond donors (Lipinski definition) is 2. The van der Waals surface area contributed by atoms with Crippen LogP contribution in [0.3, 0.4) is 0 Å². The third-order valence-electron chi connectivity index (χ3n) is 2.96. The van der Waals surface area contributed by atoms with E-state index in [4.69, 9.17) is 5.73 Å². The van der Waals surface area contributed by atoms with Crippen LogP contribution in [-0.2, 0) is 6.54 Å². The summed E-state index contributed by atoms with van der Waals surface area (Å²) in [7, 11) is 0. The Hall–Kier alpha value is -1.82. The lowest BCUT2D eigenvalue weighted by atomic mass is 10.3. The molecule has 0 atom stereocenters. The lowest BCUT2D eigenvalue weighted by molar-refractivity contribution is 0.0941.